The van der Waals surface area contributed by atoms with E-state index in [0.717, 1.165) is 18.9 Å². The van der Waals surface area contributed by atoms with E-state index < -0.39 is 17.3 Å². The van der Waals surface area contributed by atoms with E-state index in [1.165, 1.54) is 0 Å². The zero-order valence-electron chi connectivity index (χ0n) is 4.37. The van der Waals surface area contributed by atoms with Gasteiger partial charge in [-0.25, -0.2) is 0 Å². The third-order valence-corrected chi connectivity index (χ3v) is 0.904. The molecule has 0 saturated carbocycles. The summed E-state index contributed by atoms with van der Waals surface area (Å²) in [4.78, 5) is 0. The summed E-state index contributed by atoms with van der Waals surface area (Å²) in [5, 5.41) is 0. The number of hydrogen-bond acceptors (Lipinski definition) is 0. The van der Waals surface area contributed by atoms with E-state index in [1.807, 2.05) is 0 Å². The molecule has 0 atom stereocenters. The predicted molar refractivity (Wildman–Crippen MR) is 27.7 cm³/mol. The average molecular weight is 130 g/mol. The van der Waals surface area contributed by atoms with E-state index in [0.29, 0.717) is 0 Å². The minimum atomic E-state index is -1.42. The third kappa shape index (κ3) is 1.12. The summed E-state index contributed by atoms with van der Waals surface area (Å²) >= 11 is 0. The summed E-state index contributed by atoms with van der Waals surface area (Å²) in [6.07, 6.45) is 0. The van der Waals surface area contributed by atoms with Gasteiger partial charge >= 0.3 is 49.5 Å². The Morgan fingerprint density at radius 2 is 1.89 bits per heavy atom. The van der Waals surface area contributed by atoms with Crippen LogP contribution in [0.15, 0.2) is 12.0 Å². The Bertz CT molecular complexity index is 203. The second kappa shape index (κ2) is 2.21. The Hall–Kier alpha value is -0.795. The van der Waals surface area contributed by atoms with Crippen LogP contribution in [0.5, 0.6) is 0 Å². The van der Waals surface area contributed by atoms with Crippen LogP contribution in [0.4, 0.5) is 13.2 Å². The predicted octanol–water partition coefficient (Wildman–Crippen LogP) is 1.44. The Kier molecular flexibility index (Phi) is 1.55. The maximum atomic E-state index is 12.0. The summed E-state index contributed by atoms with van der Waals surface area (Å²) in [7, 11) is 0. The van der Waals surface area contributed by atoms with Crippen LogP contribution in [-0.4, -0.2) is 6.91 Å². The Labute approximate surface area is 50.5 Å². The second-order valence-corrected chi connectivity index (χ2v) is 1.54. The van der Waals surface area contributed by atoms with Gasteiger partial charge in [0.2, 0.25) is 0 Å². The van der Waals surface area contributed by atoms with Crippen molar-refractivity contribution < 1.29 is 13.2 Å². The molecular weight excluding hydrogens is 128 g/mol. The number of rotatable bonds is 0. The quantitative estimate of drug-likeness (QED) is 0.498. The molecule has 0 unspecified atom stereocenters. The van der Waals surface area contributed by atoms with Gasteiger partial charge in [-0.1, -0.05) is 0 Å². The van der Waals surface area contributed by atoms with Gasteiger partial charge in [-0.05, 0) is 0 Å². The van der Waals surface area contributed by atoms with Crippen LogP contribution in [0, 0.1) is 17.3 Å². The monoisotopic (exact) mass is 130 g/mol. The minimum absolute atomic E-state index is 0.860. The van der Waals surface area contributed by atoms with Gasteiger partial charge in [0.05, 0.1) is 0 Å². The molecule has 0 fully saturated rings. The summed E-state index contributed by atoms with van der Waals surface area (Å²) in [6, 6.07) is 0.860. The zero-order chi connectivity index (χ0) is 6.85. The van der Waals surface area contributed by atoms with E-state index in [2.05, 4.69) is 0 Å². The van der Waals surface area contributed by atoms with Crippen LogP contribution < -0.4 is 0 Å². The maximum absolute atomic E-state index is 12.0. The molecule has 4 heteroatoms. The van der Waals surface area contributed by atoms with Crippen molar-refractivity contribution in [1.82, 2.24) is 0 Å². The van der Waals surface area contributed by atoms with Crippen molar-refractivity contribution in [1.29, 1.82) is 0 Å². The molecule has 46 valence electrons. The van der Waals surface area contributed by atoms with Gasteiger partial charge in [0, 0.05) is 0 Å². The Balaban J connectivity index is 3.25. The molecular formula is C5H2BF3. The summed E-state index contributed by atoms with van der Waals surface area (Å²) < 4.78 is 35.9. The molecule has 0 aliphatic heterocycles. The summed E-state index contributed by atoms with van der Waals surface area (Å²) in [5.74, 6) is -1.47. The van der Waals surface area contributed by atoms with Crippen molar-refractivity contribution in [2.24, 2.45) is 0 Å². The van der Waals surface area contributed by atoms with Gasteiger partial charge in [-0.15, -0.1) is 0 Å². The molecule has 9 heavy (non-hydrogen) atoms. The zero-order valence-corrected chi connectivity index (χ0v) is 4.37. The van der Waals surface area contributed by atoms with Gasteiger partial charge in [-0.2, -0.15) is 0 Å². The van der Waals surface area contributed by atoms with E-state index in [4.69, 9.17) is 0 Å². The molecule has 1 aromatic rings. The van der Waals surface area contributed by atoms with E-state index in [9.17, 15) is 13.2 Å². The fourth-order valence-electron chi connectivity index (χ4n) is 0.477. The van der Waals surface area contributed by atoms with Gasteiger partial charge in [0.1, 0.15) is 0 Å². The van der Waals surface area contributed by atoms with E-state index in [1.54, 1.807) is 0 Å². The molecule has 0 aromatic carbocycles. The molecule has 0 aliphatic carbocycles. The first kappa shape index (κ1) is 6.33. The van der Waals surface area contributed by atoms with Crippen LogP contribution >= 0.6 is 0 Å². The van der Waals surface area contributed by atoms with E-state index >= 15 is 0 Å². The molecule has 1 aromatic heterocycles. The Morgan fingerprint density at radius 3 is 2.33 bits per heavy atom. The van der Waals surface area contributed by atoms with Crippen molar-refractivity contribution in [2.75, 3.05) is 0 Å². The second-order valence-electron chi connectivity index (χ2n) is 1.54. The van der Waals surface area contributed by atoms with Crippen LogP contribution in [-0.2, 0) is 0 Å². The SMILES string of the molecule is Fc1bccc(F)c1F. The molecule has 0 spiro atoms. The number of hydrogen-bond donors (Lipinski definition) is 0. The molecule has 0 nitrogen and oxygen atoms in total. The fourth-order valence-corrected chi connectivity index (χ4v) is 0.477. The van der Waals surface area contributed by atoms with Crippen molar-refractivity contribution in [3.63, 3.8) is 0 Å². The molecule has 0 N–H and O–H groups in total. The van der Waals surface area contributed by atoms with Crippen molar-refractivity contribution >= 4 is 6.91 Å². The first-order valence-corrected chi connectivity index (χ1v) is 2.31. The third-order valence-electron chi connectivity index (χ3n) is 0.904. The molecule has 0 aliphatic rings. The molecule has 1 heterocycles. The first-order chi connectivity index (χ1) is 4.22. The van der Waals surface area contributed by atoms with Crippen LogP contribution in [0.1, 0.15) is 0 Å². The van der Waals surface area contributed by atoms with Gasteiger partial charge in [0.25, 0.3) is 0 Å². The van der Waals surface area contributed by atoms with Crippen molar-refractivity contribution in [2.45, 2.75) is 0 Å². The molecule has 0 radical (unpaired) electrons. The standard InChI is InChI=1S/C5H2BF3/c7-3-1-2-6-5(9)4(3)8/h1-2H. The number of halogens is 3. The fraction of sp³-hybridized carbons (Fsp3) is 0. The Morgan fingerprint density at radius 1 is 1.22 bits per heavy atom. The molecule has 0 bridgehead atoms. The van der Waals surface area contributed by atoms with E-state index in [-0.39, 0.29) is 0 Å². The van der Waals surface area contributed by atoms with Crippen LogP contribution in [0.2, 0.25) is 0 Å². The average Bonchev–Trinajstić information content (AvgIpc) is 1.83. The molecule has 0 saturated heterocycles. The van der Waals surface area contributed by atoms with Crippen LogP contribution in [0.25, 0.3) is 0 Å². The van der Waals surface area contributed by atoms with Crippen LogP contribution in [0.3, 0.4) is 0 Å². The topological polar surface area (TPSA) is 0 Å². The summed E-state index contributed by atoms with van der Waals surface area (Å²) in [5.41, 5.74) is -1.16. The van der Waals surface area contributed by atoms with Crippen molar-refractivity contribution in [3.05, 3.63) is 29.4 Å². The normalized spacial score (nSPS) is 9.22. The summed E-state index contributed by atoms with van der Waals surface area (Å²) in [6.45, 7) is 0.860. The molecule has 0 amide bonds. The van der Waals surface area contributed by atoms with Gasteiger partial charge in [-0.3, -0.25) is 0 Å². The first-order valence-electron chi connectivity index (χ1n) is 2.31. The molecule has 1 rings (SSSR count). The van der Waals surface area contributed by atoms with Crippen molar-refractivity contribution in [3.8, 4) is 0 Å². The van der Waals surface area contributed by atoms with Gasteiger partial charge < -0.3 is 0 Å². The van der Waals surface area contributed by atoms with Gasteiger partial charge in [0.15, 0.2) is 0 Å².